The van der Waals surface area contributed by atoms with Crippen LogP contribution in [0.1, 0.15) is 31.4 Å². The first-order chi connectivity index (χ1) is 8.28. The van der Waals surface area contributed by atoms with E-state index >= 15 is 0 Å². The number of nitrogens with zero attached hydrogens (tertiary/aromatic N) is 3. The SMILES string of the molecule is OCc1ccc(N2C3CCC2CC(O)C3)nn1. The van der Waals surface area contributed by atoms with Crippen molar-refractivity contribution in [2.24, 2.45) is 0 Å². The fourth-order valence-corrected chi connectivity index (χ4v) is 3.10. The molecule has 1 aromatic rings. The summed E-state index contributed by atoms with van der Waals surface area (Å²) in [7, 11) is 0. The van der Waals surface area contributed by atoms with Gasteiger partial charge in [-0.2, -0.15) is 5.10 Å². The van der Waals surface area contributed by atoms with E-state index in [-0.39, 0.29) is 12.7 Å². The van der Waals surface area contributed by atoms with Crippen molar-refractivity contribution in [3.05, 3.63) is 17.8 Å². The lowest BCUT2D eigenvalue weighted by Crippen LogP contribution is -2.45. The standard InChI is InChI=1S/C12H17N3O2/c16-7-8-1-4-12(14-13-8)15-9-2-3-10(15)6-11(17)5-9/h1,4,9-11,16-17H,2-3,5-7H2. The topological polar surface area (TPSA) is 69.5 Å². The van der Waals surface area contributed by atoms with Crippen molar-refractivity contribution < 1.29 is 10.2 Å². The fourth-order valence-electron chi connectivity index (χ4n) is 3.10. The molecule has 2 fully saturated rings. The molecule has 92 valence electrons. The van der Waals surface area contributed by atoms with Gasteiger partial charge in [0.1, 0.15) is 0 Å². The Labute approximate surface area is 100 Å². The predicted octanol–water partition coefficient (Wildman–Crippen LogP) is 0.461. The molecule has 5 heteroatoms. The Kier molecular flexibility index (Phi) is 2.72. The van der Waals surface area contributed by atoms with E-state index in [0.717, 1.165) is 31.5 Å². The maximum atomic E-state index is 9.74. The van der Waals surface area contributed by atoms with Gasteiger partial charge in [-0.05, 0) is 37.8 Å². The first-order valence-corrected chi connectivity index (χ1v) is 6.18. The van der Waals surface area contributed by atoms with Gasteiger partial charge >= 0.3 is 0 Å². The van der Waals surface area contributed by atoms with Gasteiger partial charge in [0.05, 0.1) is 18.4 Å². The van der Waals surface area contributed by atoms with Crippen molar-refractivity contribution in [2.75, 3.05) is 4.90 Å². The third kappa shape index (κ3) is 1.89. The quantitative estimate of drug-likeness (QED) is 0.779. The molecule has 5 nitrogen and oxygen atoms in total. The summed E-state index contributed by atoms with van der Waals surface area (Å²) in [4.78, 5) is 2.29. The van der Waals surface area contributed by atoms with Crippen molar-refractivity contribution in [3.8, 4) is 0 Å². The number of hydrogen-bond donors (Lipinski definition) is 2. The van der Waals surface area contributed by atoms with Crippen molar-refractivity contribution in [1.82, 2.24) is 10.2 Å². The minimum Gasteiger partial charge on any atom is -0.393 e. The highest BCUT2D eigenvalue weighted by molar-refractivity contribution is 5.43. The van der Waals surface area contributed by atoms with Crippen molar-refractivity contribution in [3.63, 3.8) is 0 Å². The zero-order valence-corrected chi connectivity index (χ0v) is 9.66. The molecule has 0 spiro atoms. The van der Waals surface area contributed by atoms with Crippen LogP contribution in [0.25, 0.3) is 0 Å². The number of fused-ring (bicyclic) bond motifs is 2. The molecule has 0 amide bonds. The number of aliphatic hydroxyl groups excluding tert-OH is 2. The van der Waals surface area contributed by atoms with Gasteiger partial charge in [-0.3, -0.25) is 0 Å². The summed E-state index contributed by atoms with van der Waals surface area (Å²) in [5, 5.41) is 26.8. The summed E-state index contributed by atoms with van der Waals surface area (Å²) in [6, 6.07) is 4.53. The summed E-state index contributed by atoms with van der Waals surface area (Å²) < 4.78 is 0. The minimum absolute atomic E-state index is 0.0706. The average molecular weight is 235 g/mol. The van der Waals surface area contributed by atoms with Gasteiger partial charge in [0.15, 0.2) is 5.82 Å². The van der Waals surface area contributed by atoms with Crippen LogP contribution in [0.3, 0.4) is 0 Å². The smallest absolute Gasteiger partial charge is 0.151 e. The van der Waals surface area contributed by atoms with E-state index < -0.39 is 0 Å². The van der Waals surface area contributed by atoms with Crippen LogP contribution in [0.5, 0.6) is 0 Å². The Balaban J connectivity index is 1.84. The molecule has 0 radical (unpaired) electrons. The lowest BCUT2D eigenvalue weighted by Gasteiger charge is -2.37. The zero-order valence-electron chi connectivity index (χ0n) is 9.66. The molecule has 17 heavy (non-hydrogen) atoms. The van der Waals surface area contributed by atoms with Gasteiger partial charge in [-0.25, -0.2) is 0 Å². The highest BCUT2D eigenvalue weighted by Crippen LogP contribution is 2.38. The van der Waals surface area contributed by atoms with E-state index in [1.807, 2.05) is 12.1 Å². The van der Waals surface area contributed by atoms with Crippen LogP contribution in [0.15, 0.2) is 12.1 Å². The van der Waals surface area contributed by atoms with Gasteiger partial charge < -0.3 is 15.1 Å². The maximum Gasteiger partial charge on any atom is 0.151 e. The van der Waals surface area contributed by atoms with Crippen molar-refractivity contribution in [1.29, 1.82) is 0 Å². The van der Waals surface area contributed by atoms with Crippen LogP contribution in [0.4, 0.5) is 5.82 Å². The summed E-state index contributed by atoms with van der Waals surface area (Å²) in [5.41, 5.74) is 0.596. The molecular weight excluding hydrogens is 218 g/mol. The Hall–Kier alpha value is -1.20. The van der Waals surface area contributed by atoms with E-state index in [1.165, 1.54) is 0 Å². The van der Waals surface area contributed by atoms with Crippen LogP contribution in [-0.4, -0.2) is 38.6 Å². The number of anilines is 1. The first kappa shape index (κ1) is 10.9. The molecule has 2 aliphatic heterocycles. The molecule has 2 unspecified atom stereocenters. The highest BCUT2D eigenvalue weighted by Gasteiger charge is 2.40. The monoisotopic (exact) mass is 235 g/mol. The Morgan fingerprint density at radius 2 is 1.88 bits per heavy atom. The van der Waals surface area contributed by atoms with Gasteiger partial charge in [0.25, 0.3) is 0 Å². The molecule has 2 N–H and O–H groups in total. The number of rotatable bonds is 2. The van der Waals surface area contributed by atoms with Gasteiger partial charge in [-0.1, -0.05) is 0 Å². The Bertz CT molecular complexity index is 381. The number of aromatic nitrogens is 2. The molecule has 3 rings (SSSR count). The second kappa shape index (κ2) is 4.23. The van der Waals surface area contributed by atoms with Crippen molar-refractivity contribution >= 4 is 5.82 Å². The van der Waals surface area contributed by atoms with Crippen LogP contribution in [-0.2, 0) is 6.61 Å². The van der Waals surface area contributed by atoms with Crippen LogP contribution in [0.2, 0.25) is 0 Å². The van der Waals surface area contributed by atoms with Crippen molar-refractivity contribution in [2.45, 2.75) is 50.5 Å². The summed E-state index contributed by atoms with van der Waals surface area (Å²) in [5.74, 6) is 0.876. The van der Waals surface area contributed by atoms with Gasteiger partial charge in [0, 0.05) is 12.1 Å². The normalized spacial score (nSPS) is 31.9. The number of aliphatic hydroxyl groups is 2. The highest BCUT2D eigenvalue weighted by atomic mass is 16.3. The average Bonchev–Trinajstić information content (AvgIpc) is 2.62. The van der Waals surface area contributed by atoms with E-state index in [9.17, 15) is 5.11 Å². The largest absolute Gasteiger partial charge is 0.393 e. The number of piperidine rings is 1. The fraction of sp³-hybridized carbons (Fsp3) is 0.667. The first-order valence-electron chi connectivity index (χ1n) is 6.18. The van der Waals surface area contributed by atoms with E-state index in [4.69, 9.17) is 5.11 Å². The third-order valence-corrected chi connectivity index (χ3v) is 3.84. The minimum atomic E-state index is -0.159. The maximum absolute atomic E-state index is 9.74. The van der Waals surface area contributed by atoms with Crippen LogP contribution >= 0.6 is 0 Å². The lowest BCUT2D eigenvalue weighted by molar-refractivity contribution is 0.126. The third-order valence-electron chi connectivity index (χ3n) is 3.84. The van der Waals surface area contributed by atoms with Crippen LogP contribution in [0, 0.1) is 0 Å². The molecule has 0 aliphatic carbocycles. The molecular formula is C12H17N3O2. The molecule has 1 aromatic heterocycles. The van der Waals surface area contributed by atoms with E-state index in [0.29, 0.717) is 17.8 Å². The van der Waals surface area contributed by atoms with E-state index in [1.54, 1.807) is 0 Å². The van der Waals surface area contributed by atoms with Gasteiger partial charge in [-0.15, -0.1) is 5.10 Å². The Morgan fingerprint density at radius 1 is 1.18 bits per heavy atom. The predicted molar refractivity (Wildman–Crippen MR) is 62.5 cm³/mol. The van der Waals surface area contributed by atoms with Crippen LogP contribution < -0.4 is 4.90 Å². The lowest BCUT2D eigenvalue weighted by atomic mass is 10.00. The summed E-state index contributed by atoms with van der Waals surface area (Å²) >= 11 is 0. The molecule has 2 aliphatic rings. The second-order valence-corrected chi connectivity index (χ2v) is 4.96. The van der Waals surface area contributed by atoms with E-state index in [2.05, 4.69) is 15.1 Å². The molecule has 2 bridgehead atoms. The molecule has 2 atom stereocenters. The molecule has 2 saturated heterocycles. The number of hydrogen-bond acceptors (Lipinski definition) is 5. The molecule has 0 aromatic carbocycles. The summed E-state index contributed by atoms with van der Waals surface area (Å²) in [6.07, 6.45) is 3.77. The summed E-state index contributed by atoms with van der Waals surface area (Å²) in [6.45, 7) is -0.0706. The zero-order chi connectivity index (χ0) is 11.8. The van der Waals surface area contributed by atoms with Gasteiger partial charge in [0.2, 0.25) is 0 Å². The second-order valence-electron chi connectivity index (χ2n) is 4.96. The molecule has 0 saturated carbocycles. The molecule has 3 heterocycles. The Morgan fingerprint density at radius 3 is 2.41 bits per heavy atom.